The lowest BCUT2D eigenvalue weighted by Crippen LogP contribution is -2.50. The highest BCUT2D eigenvalue weighted by Gasteiger charge is 2.35. The first kappa shape index (κ1) is 20.1. The zero-order valence-electron chi connectivity index (χ0n) is 16.2. The normalized spacial score (nSPS) is 21.8. The molecule has 0 aromatic carbocycles. The molecular weight excluding hydrogens is 356 g/mol. The lowest BCUT2D eigenvalue weighted by molar-refractivity contribution is -0.128. The Morgan fingerprint density at radius 2 is 2.21 bits per heavy atom. The Bertz CT molecular complexity index is 748. The number of pyridine rings is 1. The number of rotatable bonds is 8. The van der Waals surface area contributed by atoms with Crippen LogP contribution in [0.25, 0.3) is 0 Å². The van der Waals surface area contributed by atoms with E-state index in [4.69, 9.17) is 4.74 Å². The van der Waals surface area contributed by atoms with Gasteiger partial charge in [-0.15, -0.1) is 0 Å². The summed E-state index contributed by atoms with van der Waals surface area (Å²) < 4.78 is 5.99. The zero-order chi connectivity index (χ0) is 19.8. The summed E-state index contributed by atoms with van der Waals surface area (Å²) >= 11 is 0. The predicted octanol–water partition coefficient (Wildman–Crippen LogP) is 2.42. The van der Waals surface area contributed by atoms with E-state index in [1.54, 1.807) is 30.9 Å². The largest absolute Gasteiger partial charge is 0.376 e. The van der Waals surface area contributed by atoms with Gasteiger partial charge in [-0.25, -0.2) is 0 Å². The molecular formula is C21H28N4O3. The van der Waals surface area contributed by atoms with Crippen LogP contribution in [0.5, 0.6) is 0 Å². The standard InChI is InChI=1S/C21H28N4O3/c1-2-10-28-19-11-16(20(26)24-13-15-4-3-8-22-12-15)5-6-18(19)25-21(27)17-7-9-23-14-17/h3-4,7-9,12,14,16,18-19,23H,2,5-6,10-11,13H2,1H3,(H,24,26)(H,25,27)/t16-,18+,19+/m0/s1. The van der Waals surface area contributed by atoms with Gasteiger partial charge in [0.2, 0.25) is 5.91 Å². The van der Waals surface area contributed by atoms with Crippen molar-refractivity contribution < 1.29 is 14.3 Å². The Morgan fingerprint density at radius 3 is 2.93 bits per heavy atom. The smallest absolute Gasteiger partial charge is 0.253 e. The van der Waals surface area contributed by atoms with E-state index < -0.39 is 0 Å². The fourth-order valence-corrected chi connectivity index (χ4v) is 3.54. The molecule has 3 rings (SSSR count). The van der Waals surface area contributed by atoms with E-state index in [0.717, 1.165) is 24.8 Å². The van der Waals surface area contributed by atoms with Crippen LogP contribution in [0.2, 0.25) is 0 Å². The summed E-state index contributed by atoms with van der Waals surface area (Å²) in [7, 11) is 0. The van der Waals surface area contributed by atoms with E-state index in [-0.39, 0.29) is 29.9 Å². The molecule has 7 nitrogen and oxygen atoms in total. The summed E-state index contributed by atoms with van der Waals surface area (Å²) in [5, 5.41) is 6.07. The first-order valence-corrected chi connectivity index (χ1v) is 9.89. The van der Waals surface area contributed by atoms with E-state index in [1.165, 1.54) is 0 Å². The maximum atomic E-state index is 12.6. The molecule has 7 heteroatoms. The molecule has 0 spiro atoms. The maximum Gasteiger partial charge on any atom is 0.253 e. The van der Waals surface area contributed by atoms with Crippen LogP contribution in [-0.2, 0) is 16.1 Å². The van der Waals surface area contributed by atoms with Crippen molar-refractivity contribution in [1.82, 2.24) is 20.6 Å². The number of aromatic amines is 1. The quantitative estimate of drug-likeness (QED) is 0.651. The number of H-pyrrole nitrogens is 1. The van der Waals surface area contributed by atoms with Crippen LogP contribution in [0.15, 0.2) is 43.0 Å². The van der Waals surface area contributed by atoms with Gasteiger partial charge in [-0.05, 0) is 43.4 Å². The Labute approximate surface area is 165 Å². The molecule has 2 amide bonds. The molecule has 1 fully saturated rings. The number of hydrogen-bond acceptors (Lipinski definition) is 4. The molecule has 2 aromatic rings. The molecule has 0 bridgehead atoms. The number of carbonyl (C=O) groups excluding carboxylic acids is 2. The second-order valence-corrected chi connectivity index (χ2v) is 7.18. The molecule has 0 aliphatic heterocycles. The molecule has 0 radical (unpaired) electrons. The van der Waals surface area contributed by atoms with Crippen LogP contribution in [0.4, 0.5) is 0 Å². The summed E-state index contributed by atoms with van der Waals surface area (Å²) in [4.78, 5) is 32.0. The second-order valence-electron chi connectivity index (χ2n) is 7.18. The van der Waals surface area contributed by atoms with Crippen molar-refractivity contribution in [3.8, 4) is 0 Å². The third-order valence-electron chi connectivity index (χ3n) is 5.06. The van der Waals surface area contributed by atoms with Gasteiger partial charge in [0.15, 0.2) is 0 Å². The van der Waals surface area contributed by atoms with Crippen molar-refractivity contribution in [2.24, 2.45) is 5.92 Å². The summed E-state index contributed by atoms with van der Waals surface area (Å²) in [6.45, 7) is 3.14. The third-order valence-corrected chi connectivity index (χ3v) is 5.06. The van der Waals surface area contributed by atoms with Gasteiger partial charge in [-0.1, -0.05) is 13.0 Å². The number of carbonyl (C=O) groups is 2. The molecule has 3 N–H and O–H groups in total. The predicted molar refractivity (Wildman–Crippen MR) is 106 cm³/mol. The number of amides is 2. The van der Waals surface area contributed by atoms with Gasteiger partial charge in [-0.3, -0.25) is 14.6 Å². The summed E-state index contributed by atoms with van der Waals surface area (Å²) in [5.74, 6) is -0.195. The van der Waals surface area contributed by atoms with Crippen molar-refractivity contribution in [2.45, 2.75) is 51.3 Å². The summed E-state index contributed by atoms with van der Waals surface area (Å²) in [6.07, 6.45) is 9.65. The molecule has 1 aliphatic carbocycles. The lowest BCUT2D eigenvalue weighted by atomic mass is 9.83. The fraction of sp³-hybridized carbons (Fsp3) is 0.476. The van der Waals surface area contributed by atoms with Gasteiger partial charge in [0, 0.05) is 43.9 Å². The molecule has 1 aliphatic rings. The van der Waals surface area contributed by atoms with Crippen molar-refractivity contribution in [1.29, 1.82) is 0 Å². The highest BCUT2D eigenvalue weighted by Crippen LogP contribution is 2.28. The number of hydrogen-bond donors (Lipinski definition) is 3. The molecule has 1 saturated carbocycles. The monoisotopic (exact) mass is 384 g/mol. The minimum Gasteiger partial charge on any atom is -0.376 e. The summed E-state index contributed by atoms with van der Waals surface area (Å²) in [6, 6.07) is 5.45. The number of nitrogens with one attached hydrogen (secondary N) is 3. The SMILES string of the molecule is CCCO[C@@H]1C[C@@H](C(=O)NCc2cccnc2)CC[C@H]1NC(=O)c1cc[nH]c1. The van der Waals surface area contributed by atoms with Gasteiger partial charge in [0.05, 0.1) is 17.7 Å². The lowest BCUT2D eigenvalue weighted by Gasteiger charge is -2.35. The Kier molecular flexibility index (Phi) is 7.19. The van der Waals surface area contributed by atoms with Gasteiger partial charge in [0.25, 0.3) is 5.91 Å². The van der Waals surface area contributed by atoms with Gasteiger partial charge in [0.1, 0.15) is 0 Å². The van der Waals surface area contributed by atoms with E-state index in [0.29, 0.717) is 25.1 Å². The van der Waals surface area contributed by atoms with Crippen LogP contribution in [-0.4, -0.2) is 40.5 Å². The highest BCUT2D eigenvalue weighted by molar-refractivity contribution is 5.94. The molecule has 28 heavy (non-hydrogen) atoms. The van der Waals surface area contributed by atoms with Gasteiger partial charge in [-0.2, -0.15) is 0 Å². The van der Waals surface area contributed by atoms with Gasteiger partial charge < -0.3 is 20.4 Å². The number of nitrogens with zero attached hydrogens (tertiary/aromatic N) is 1. The fourth-order valence-electron chi connectivity index (χ4n) is 3.54. The third kappa shape index (κ3) is 5.42. The van der Waals surface area contributed by atoms with Crippen LogP contribution in [0.1, 0.15) is 48.5 Å². The molecule has 0 saturated heterocycles. The van der Waals surface area contributed by atoms with Crippen molar-refractivity contribution in [3.05, 3.63) is 54.1 Å². The topological polar surface area (TPSA) is 96.1 Å². The zero-order valence-corrected chi connectivity index (χ0v) is 16.2. The van der Waals surface area contributed by atoms with Crippen LogP contribution in [0, 0.1) is 5.92 Å². The van der Waals surface area contributed by atoms with Crippen LogP contribution in [0.3, 0.4) is 0 Å². The second kappa shape index (κ2) is 10.0. The molecule has 0 unspecified atom stereocenters. The summed E-state index contributed by atoms with van der Waals surface area (Å²) in [5.41, 5.74) is 1.58. The number of ether oxygens (including phenoxy) is 1. The molecule has 2 heterocycles. The van der Waals surface area contributed by atoms with Crippen molar-refractivity contribution in [3.63, 3.8) is 0 Å². The van der Waals surface area contributed by atoms with Crippen molar-refractivity contribution >= 4 is 11.8 Å². The van der Waals surface area contributed by atoms with E-state index in [9.17, 15) is 9.59 Å². The first-order valence-electron chi connectivity index (χ1n) is 9.89. The van der Waals surface area contributed by atoms with E-state index in [1.807, 2.05) is 19.1 Å². The van der Waals surface area contributed by atoms with Gasteiger partial charge >= 0.3 is 0 Å². The first-order chi connectivity index (χ1) is 13.7. The Balaban J connectivity index is 1.56. The van der Waals surface area contributed by atoms with Crippen LogP contribution >= 0.6 is 0 Å². The number of aromatic nitrogens is 2. The molecule has 2 aromatic heterocycles. The van der Waals surface area contributed by atoms with E-state index in [2.05, 4.69) is 20.6 Å². The molecule has 150 valence electrons. The highest BCUT2D eigenvalue weighted by atomic mass is 16.5. The minimum atomic E-state index is -0.161. The van der Waals surface area contributed by atoms with E-state index >= 15 is 0 Å². The molecule has 3 atom stereocenters. The van der Waals surface area contributed by atoms with Crippen LogP contribution < -0.4 is 10.6 Å². The Hall–Kier alpha value is -2.67. The minimum absolute atomic E-state index is 0.0318. The Morgan fingerprint density at radius 1 is 1.32 bits per heavy atom. The van der Waals surface area contributed by atoms with Crippen molar-refractivity contribution in [2.75, 3.05) is 6.61 Å². The average molecular weight is 384 g/mol. The average Bonchev–Trinajstić information content (AvgIpc) is 3.27. The maximum absolute atomic E-state index is 12.6.